The Morgan fingerprint density at radius 2 is 2.17 bits per heavy atom. The third-order valence-corrected chi connectivity index (χ3v) is 2.35. The van der Waals surface area contributed by atoms with Crippen LogP contribution in [0.3, 0.4) is 0 Å². The van der Waals surface area contributed by atoms with Crippen LogP contribution in [0.2, 0.25) is 5.02 Å². The number of hydrogen-bond acceptors (Lipinski definition) is 4. The highest BCUT2D eigenvalue weighted by molar-refractivity contribution is 6.30. The number of pyridine rings is 1. The second-order valence-corrected chi connectivity index (χ2v) is 3.96. The van der Waals surface area contributed by atoms with Gasteiger partial charge in [-0.2, -0.15) is 18.2 Å². The van der Waals surface area contributed by atoms with E-state index in [2.05, 4.69) is 15.4 Å². The molecule has 0 aliphatic heterocycles. The van der Waals surface area contributed by atoms with Crippen LogP contribution in [0.25, 0.3) is 5.65 Å². The molecular formula is C9H8ClF3N4O. The van der Waals surface area contributed by atoms with Gasteiger partial charge in [-0.25, -0.2) is 4.52 Å². The summed E-state index contributed by atoms with van der Waals surface area (Å²) < 4.78 is 37.5. The fraction of sp³-hybridized carbons (Fsp3) is 0.333. The molecule has 0 radical (unpaired) electrons. The molecule has 2 rings (SSSR count). The van der Waals surface area contributed by atoms with Gasteiger partial charge in [-0.15, -0.1) is 5.10 Å². The van der Waals surface area contributed by atoms with Crippen molar-refractivity contribution in [2.75, 3.05) is 11.9 Å². The third-order valence-electron chi connectivity index (χ3n) is 2.13. The molecule has 0 aromatic carbocycles. The van der Waals surface area contributed by atoms with Crippen LogP contribution in [-0.4, -0.2) is 38.5 Å². The summed E-state index contributed by atoms with van der Waals surface area (Å²) in [7, 11) is 0. The maximum Gasteiger partial charge on any atom is 0.416 e. The van der Waals surface area contributed by atoms with Gasteiger partial charge >= 0.3 is 6.18 Å². The van der Waals surface area contributed by atoms with Gasteiger partial charge in [0, 0.05) is 6.20 Å². The molecule has 1 atom stereocenters. The van der Waals surface area contributed by atoms with Crippen molar-refractivity contribution in [3.05, 3.63) is 23.4 Å². The number of hydrogen-bond donors (Lipinski definition) is 2. The van der Waals surface area contributed by atoms with Gasteiger partial charge < -0.3 is 10.4 Å². The van der Waals surface area contributed by atoms with Gasteiger partial charge in [0.1, 0.15) is 0 Å². The van der Waals surface area contributed by atoms with E-state index in [1.54, 1.807) is 12.1 Å². The molecule has 98 valence electrons. The summed E-state index contributed by atoms with van der Waals surface area (Å²) in [5.41, 5.74) is 0.434. The molecule has 5 nitrogen and oxygen atoms in total. The van der Waals surface area contributed by atoms with Gasteiger partial charge in [0.2, 0.25) is 5.95 Å². The molecule has 0 saturated carbocycles. The summed E-state index contributed by atoms with van der Waals surface area (Å²) in [6.07, 6.45) is -5.67. The fourth-order valence-electron chi connectivity index (χ4n) is 1.24. The summed E-state index contributed by atoms with van der Waals surface area (Å²) in [6, 6.07) is 3.15. The van der Waals surface area contributed by atoms with Crippen LogP contribution in [0.4, 0.5) is 19.1 Å². The summed E-state index contributed by atoms with van der Waals surface area (Å²) >= 11 is 5.72. The zero-order chi connectivity index (χ0) is 13.3. The number of fused-ring (bicyclic) bond motifs is 1. The number of alkyl halides is 3. The number of anilines is 1. The maximum atomic E-state index is 12.1. The highest BCUT2D eigenvalue weighted by Gasteiger charge is 2.38. The average molecular weight is 281 g/mol. The molecular weight excluding hydrogens is 273 g/mol. The second kappa shape index (κ2) is 4.62. The van der Waals surface area contributed by atoms with Gasteiger partial charge in [0.05, 0.1) is 11.6 Å². The lowest BCUT2D eigenvalue weighted by molar-refractivity contribution is -0.198. The number of aliphatic hydroxyl groups excluding tert-OH is 1. The minimum absolute atomic E-state index is 0.0134. The van der Waals surface area contributed by atoms with Gasteiger partial charge in [-0.1, -0.05) is 11.6 Å². The largest absolute Gasteiger partial charge is 0.416 e. The van der Waals surface area contributed by atoms with Gasteiger partial charge in [-0.05, 0) is 12.1 Å². The Hall–Kier alpha value is -1.54. The predicted molar refractivity (Wildman–Crippen MR) is 58.5 cm³/mol. The van der Waals surface area contributed by atoms with Crippen LogP contribution in [0, 0.1) is 0 Å². The molecule has 0 saturated heterocycles. The normalized spacial score (nSPS) is 13.8. The average Bonchev–Trinajstić information content (AvgIpc) is 2.66. The van der Waals surface area contributed by atoms with E-state index in [0.29, 0.717) is 10.7 Å². The molecule has 0 fully saturated rings. The molecule has 0 aliphatic rings. The van der Waals surface area contributed by atoms with Gasteiger partial charge in [-0.3, -0.25) is 0 Å². The van der Waals surface area contributed by atoms with E-state index in [1.807, 2.05) is 0 Å². The van der Waals surface area contributed by atoms with Crippen molar-refractivity contribution in [3.8, 4) is 0 Å². The monoisotopic (exact) mass is 280 g/mol. The number of rotatable bonds is 3. The summed E-state index contributed by atoms with van der Waals surface area (Å²) in [5, 5.41) is 15.4. The number of halogens is 4. The smallest absolute Gasteiger partial charge is 0.382 e. The van der Waals surface area contributed by atoms with Gasteiger partial charge in [0.25, 0.3) is 0 Å². The molecule has 0 spiro atoms. The van der Waals surface area contributed by atoms with E-state index in [0.717, 1.165) is 0 Å². The van der Waals surface area contributed by atoms with Crippen LogP contribution >= 0.6 is 11.6 Å². The first kappa shape index (κ1) is 12.9. The van der Waals surface area contributed by atoms with E-state index in [-0.39, 0.29) is 5.95 Å². The first-order valence-electron chi connectivity index (χ1n) is 4.87. The van der Waals surface area contributed by atoms with Crippen molar-refractivity contribution in [2.45, 2.75) is 12.3 Å². The molecule has 18 heavy (non-hydrogen) atoms. The van der Waals surface area contributed by atoms with Crippen LogP contribution in [0.1, 0.15) is 0 Å². The molecule has 1 unspecified atom stereocenters. The number of aliphatic hydroxyl groups is 1. The Morgan fingerprint density at radius 1 is 1.44 bits per heavy atom. The van der Waals surface area contributed by atoms with Crippen molar-refractivity contribution in [1.29, 1.82) is 0 Å². The molecule has 2 aromatic rings. The van der Waals surface area contributed by atoms with Crippen molar-refractivity contribution in [2.24, 2.45) is 0 Å². The van der Waals surface area contributed by atoms with E-state index in [1.165, 1.54) is 10.7 Å². The molecule has 0 bridgehead atoms. The lowest BCUT2D eigenvalue weighted by Gasteiger charge is -2.13. The second-order valence-electron chi connectivity index (χ2n) is 3.52. The standard InChI is InChI=1S/C9H8ClF3N4O/c10-5-1-2-7-15-8(16-17(7)4-5)14-3-6(18)9(11,12)13/h1-2,4,6,18H,3H2,(H,14,16). The Bertz CT molecular complexity index is 556. The van der Waals surface area contributed by atoms with Crippen LogP contribution in [0.15, 0.2) is 18.3 Å². The fourth-order valence-corrected chi connectivity index (χ4v) is 1.39. The third kappa shape index (κ3) is 2.82. The van der Waals surface area contributed by atoms with Crippen LogP contribution in [-0.2, 0) is 0 Å². The van der Waals surface area contributed by atoms with Crippen molar-refractivity contribution in [1.82, 2.24) is 14.6 Å². The number of nitrogens with zero attached hydrogens (tertiary/aromatic N) is 3. The Morgan fingerprint density at radius 3 is 2.83 bits per heavy atom. The first-order chi connectivity index (χ1) is 8.36. The molecule has 9 heteroatoms. The highest BCUT2D eigenvalue weighted by atomic mass is 35.5. The summed E-state index contributed by atoms with van der Waals surface area (Å²) in [4.78, 5) is 3.91. The topological polar surface area (TPSA) is 62.5 Å². The minimum atomic E-state index is -4.67. The molecule has 0 aliphatic carbocycles. The number of nitrogens with one attached hydrogen (secondary N) is 1. The van der Waals surface area contributed by atoms with Crippen LogP contribution < -0.4 is 5.32 Å². The van der Waals surface area contributed by atoms with E-state index in [9.17, 15) is 13.2 Å². The predicted octanol–water partition coefficient (Wildman–Crippen LogP) is 1.72. The van der Waals surface area contributed by atoms with Crippen LogP contribution in [0.5, 0.6) is 0 Å². The Kier molecular flexibility index (Phi) is 3.31. The molecule has 2 heterocycles. The van der Waals surface area contributed by atoms with Crippen molar-refractivity contribution < 1.29 is 18.3 Å². The quantitative estimate of drug-likeness (QED) is 0.899. The number of aromatic nitrogens is 3. The zero-order valence-electron chi connectivity index (χ0n) is 8.82. The van der Waals surface area contributed by atoms with Crippen molar-refractivity contribution in [3.63, 3.8) is 0 Å². The van der Waals surface area contributed by atoms with E-state index in [4.69, 9.17) is 16.7 Å². The lowest BCUT2D eigenvalue weighted by atomic mass is 10.3. The molecule has 2 aromatic heterocycles. The highest BCUT2D eigenvalue weighted by Crippen LogP contribution is 2.20. The molecule has 0 amide bonds. The van der Waals surface area contributed by atoms with Crippen molar-refractivity contribution >= 4 is 23.2 Å². The lowest BCUT2D eigenvalue weighted by Crippen LogP contribution is -2.35. The molecule has 2 N–H and O–H groups in total. The Balaban J connectivity index is 2.09. The van der Waals surface area contributed by atoms with E-state index < -0.39 is 18.8 Å². The minimum Gasteiger partial charge on any atom is -0.382 e. The first-order valence-corrected chi connectivity index (χ1v) is 5.24. The van der Waals surface area contributed by atoms with Gasteiger partial charge in [0.15, 0.2) is 11.8 Å². The Labute approximate surface area is 104 Å². The van der Waals surface area contributed by atoms with E-state index >= 15 is 0 Å². The maximum absolute atomic E-state index is 12.1. The summed E-state index contributed by atoms with van der Waals surface area (Å²) in [6.45, 7) is -0.714. The zero-order valence-corrected chi connectivity index (χ0v) is 9.57. The SMILES string of the molecule is OC(CNc1nc2ccc(Cl)cn2n1)C(F)(F)F. The summed E-state index contributed by atoms with van der Waals surface area (Å²) in [5.74, 6) is -0.0134.